The van der Waals surface area contributed by atoms with Crippen LogP contribution < -0.4 is 15.5 Å². The standard InChI is InChI=1S/C23H25N5O2/c29-22(28-15-13-27(14-16-28)20-8-2-1-3-9-20)18-24-23(30)25-19-7-6-10-21(17-19)26-11-4-5-12-26/h1-12,17H,13-16,18H2,(H2,24,25,30). The highest BCUT2D eigenvalue weighted by atomic mass is 16.2. The highest BCUT2D eigenvalue weighted by molar-refractivity contribution is 5.92. The van der Waals surface area contributed by atoms with Gasteiger partial charge in [-0.05, 0) is 42.5 Å². The molecule has 0 aliphatic carbocycles. The largest absolute Gasteiger partial charge is 0.368 e. The van der Waals surface area contributed by atoms with Crippen molar-refractivity contribution in [1.82, 2.24) is 14.8 Å². The number of nitrogens with one attached hydrogen (secondary N) is 2. The number of anilines is 2. The number of rotatable bonds is 5. The van der Waals surface area contributed by atoms with Gasteiger partial charge in [0, 0.05) is 55.6 Å². The number of hydrogen-bond donors (Lipinski definition) is 2. The summed E-state index contributed by atoms with van der Waals surface area (Å²) in [5.41, 5.74) is 2.79. The quantitative estimate of drug-likeness (QED) is 0.688. The number of hydrogen-bond acceptors (Lipinski definition) is 3. The maximum absolute atomic E-state index is 12.5. The highest BCUT2D eigenvalue weighted by Gasteiger charge is 2.21. The predicted octanol–water partition coefficient (Wildman–Crippen LogP) is 2.95. The smallest absolute Gasteiger partial charge is 0.319 e. The van der Waals surface area contributed by atoms with Gasteiger partial charge in [-0.1, -0.05) is 24.3 Å². The number of carbonyl (C=O) groups is 2. The summed E-state index contributed by atoms with van der Waals surface area (Å²) in [7, 11) is 0. The van der Waals surface area contributed by atoms with Gasteiger partial charge < -0.3 is 25.0 Å². The summed E-state index contributed by atoms with van der Waals surface area (Å²) in [4.78, 5) is 28.8. The first-order valence-corrected chi connectivity index (χ1v) is 10.0. The molecule has 1 saturated heterocycles. The van der Waals surface area contributed by atoms with Crippen molar-refractivity contribution in [2.24, 2.45) is 0 Å². The molecule has 7 nitrogen and oxygen atoms in total. The van der Waals surface area contributed by atoms with Crippen molar-refractivity contribution < 1.29 is 9.59 Å². The summed E-state index contributed by atoms with van der Waals surface area (Å²) in [6, 6.07) is 21.2. The molecular weight excluding hydrogens is 378 g/mol. The lowest BCUT2D eigenvalue weighted by atomic mass is 10.2. The van der Waals surface area contributed by atoms with E-state index in [1.807, 2.05) is 71.6 Å². The second-order valence-electron chi connectivity index (χ2n) is 7.15. The third kappa shape index (κ3) is 4.81. The molecule has 2 N–H and O–H groups in total. The van der Waals surface area contributed by atoms with Crippen molar-refractivity contribution >= 4 is 23.3 Å². The fourth-order valence-corrected chi connectivity index (χ4v) is 3.55. The monoisotopic (exact) mass is 403 g/mol. The zero-order chi connectivity index (χ0) is 20.8. The summed E-state index contributed by atoms with van der Waals surface area (Å²) in [6.07, 6.45) is 3.88. The topological polar surface area (TPSA) is 69.6 Å². The van der Waals surface area contributed by atoms with Crippen LogP contribution in [0.25, 0.3) is 5.69 Å². The number of para-hydroxylation sites is 1. The van der Waals surface area contributed by atoms with Crippen molar-refractivity contribution in [1.29, 1.82) is 0 Å². The maximum Gasteiger partial charge on any atom is 0.319 e. The molecule has 4 rings (SSSR count). The van der Waals surface area contributed by atoms with Crippen molar-refractivity contribution in [2.45, 2.75) is 0 Å². The van der Waals surface area contributed by atoms with Gasteiger partial charge in [0.2, 0.25) is 5.91 Å². The first-order chi connectivity index (χ1) is 14.7. The summed E-state index contributed by atoms with van der Waals surface area (Å²) < 4.78 is 1.96. The zero-order valence-electron chi connectivity index (χ0n) is 16.7. The number of urea groups is 1. The van der Waals surface area contributed by atoms with E-state index in [2.05, 4.69) is 27.7 Å². The molecule has 1 aliphatic rings. The fraction of sp³-hybridized carbons (Fsp3) is 0.217. The minimum Gasteiger partial charge on any atom is -0.368 e. The van der Waals surface area contributed by atoms with Crippen molar-refractivity contribution in [2.75, 3.05) is 42.9 Å². The number of benzene rings is 2. The Morgan fingerprint density at radius 2 is 1.50 bits per heavy atom. The third-order valence-electron chi connectivity index (χ3n) is 5.16. The van der Waals surface area contributed by atoms with Gasteiger partial charge in [-0.3, -0.25) is 4.79 Å². The fourth-order valence-electron chi connectivity index (χ4n) is 3.55. The van der Waals surface area contributed by atoms with E-state index in [9.17, 15) is 9.59 Å². The molecular formula is C23H25N5O2. The highest BCUT2D eigenvalue weighted by Crippen LogP contribution is 2.16. The average Bonchev–Trinajstić information content (AvgIpc) is 3.33. The van der Waals surface area contributed by atoms with Gasteiger partial charge in [-0.15, -0.1) is 0 Å². The van der Waals surface area contributed by atoms with Gasteiger partial charge in [-0.25, -0.2) is 4.79 Å². The van der Waals surface area contributed by atoms with E-state index in [0.29, 0.717) is 18.8 Å². The van der Waals surface area contributed by atoms with Gasteiger partial charge in [0.15, 0.2) is 0 Å². The minimum atomic E-state index is -0.393. The second-order valence-corrected chi connectivity index (χ2v) is 7.15. The summed E-state index contributed by atoms with van der Waals surface area (Å²) in [5, 5.41) is 5.45. The average molecular weight is 403 g/mol. The third-order valence-corrected chi connectivity index (χ3v) is 5.16. The molecule has 0 saturated carbocycles. The number of piperazine rings is 1. The molecule has 3 amide bonds. The SMILES string of the molecule is O=C(NCC(=O)N1CCN(c2ccccc2)CC1)Nc1cccc(-n2cccc2)c1. The molecule has 0 unspecified atom stereocenters. The van der Waals surface area contributed by atoms with Crippen LogP contribution >= 0.6 is 0 Å². The molecule has 30 heavy (non-hydrogen) atoms. The van der Waals surface area contributed by atoms with Crippen LogP contribution in [0, 0.1) is 0 Å². The Morgan fingerprint density at radius 1 is 0.800 bits per heavy atom. The van der Waals surface area contributed by atoms with Crippen molar-refractivity contribution in [3.05, 3.63) is 79.1 Å². The predicted molar refractivity (Wildman–Crippen MR) is 118 cm³/mol. The van der Waals surface area contributed by atoms with Crippen LogP contribution in [0.15, 0.2) is 79.1 Å². The molecule has 7 heteroatoms. The zero-order valence-corrected chi connectivity index (χ0v) is 16.7. The number of nitrogens with zero attached hydrogens (tertiary/aromatic N) is 3. The lowest BCUT2D eigenvalue weighted by Gasteiger charge is -2.36. The number of carbonyl (C=O) groups excluding carboxylic acids is 2. The van der Waals surface area contributed by atoms with Crippen molar-refractivity contribution in [3.8, 4) is 5.69 Å². The van der Waals surface area contributed by atoms with Crippen molar-refractivity contribution in [3.63, 3.8) is 0 Å². The van der Waals surface area contributed by atoms with Gasteiger partial charge in [0.25, 0.3) is 0 Å². The lowest BCUT2D eigenvalue weighted by Crippen LogP contribution is -2.51. The van der Waals surface area contributed by atoms with Crippen LogP contribution in [0.1, 0.15) is 0 Å². The molecule has 154 valence electrons. The van der Waals surface area contributed by atoms with E-state index in [1.54, 1.807) is 4.90 Å². The first-order valence-electron chi connectivity index (χ1n) is 10.0. The van der Waals surface area contributed by atoms with Gasteiger partial charge in [-0.2, -0.15) is 0 Å². The van der Waals surface area contributed by atoms with Crippen LogP contribution in [-0.2, 0) is 4.79 Å². The Bertz CT molecular complexity index is 980. The van der Waals surface area contributed by atoms with Crippen LogP contribution in [0.5, 0.6) is 0 Å². The molecule has 1 aliphatic heterocycles. The molecule has 0 radical (unpaired) electrons. The Morgan fingerprint density at radius 3 is 2.23 bits per heavy atom. The van der Waals surface area contributed by atoms with Gasteiger partial charge in [0.05, 0.1) is 6.54 Å². The van der Waals surface area contributed by atoms with E-state index in [4.69, 9.17) is 0 Å². The lowest BCUT2D eigenvalue weighted by molar-refractivity contribution is -0.130. The molecule has 1 fully saturated rings. The second kappa shape index (κ2) is 9.17. The Hall–Kier alpha value is -3.74. The molecule has 0 spiro atoms. The molecule has 0 atom stereocenters. The molecule has 2 aromatic carbocycles. The van der Waals surface area contributed by atoms with Crippen LogP contribution in [0.2, 0.25) is 0 Å². The van der Waals surface area contributed by atoms with Gasteiger partial charge >= 0.3 is 6.03 Å². The van der Waals surface area contributed by atoms with Crippen LogP contribution in [-0.4, -0.2) is 54.1 Å². The molecule has 1 aromatic heterocycles. The van der Waals surface area contributed by atoms with E-state index >= 15 is 0 Å². The normalized spacial score (nSPS) is 13.7. The maximum atomic E-state index is 12.5. The number of aromatic nitrogens is 1. The van der Waals surface area contributed by atoms with Crippen LogP contribution in [0.3, 0.4) is 0 Å². The van der Waals surface area contributed by atoms with Crippen LogP contribution in [0.4, 0.5) is 16.2 Å². The Labute approximate surface area is 175 Å². The van der Waals surface area contributed by atoms with Gasteiger partial charge in [0.1, 0.15) is 0 Å². The Balaban J connectivity index is 1.24. The summed E-state index contributed by atoms with van der Waals surface area (Å²) in [5.74, 6) is -0.0704. The summed E-state index contributed by atoms with van der Waals surface area (Å²) in [6.45, 7) is 2.85. The van der Waals surface area contributed by atoms with E-state index < -0.39 is 6.03 Å². The van der Waals surface area contributed by atoms with E-state index in [-0.39, 0.29) is 12.5 Å². The molecule has 2 heterocycles. The molecule has 3 aromatic rings. The van der Waals surface area contributed by atoms with E-state index in [1.165, 1.54) is 5.69 Å². The first kappa shape index (κ1) is 19.6. The van der Waals surface area contributed by atoms with E-state index in [0.717, 1.165) is 18.8 Å². The number of amides is 3. The minimum absolute atomic E-state index is 0.0194. The summed E-state index contributed by atoms with van der Waals surface area (Å²) >= 11 is 0. The molecule has 0 bridgehead atoms. The Kier molecular flexibility index (Phi) is 5.98.